The Kier molecular flexibility index (Phi) is 12.7. The maximum Gasteiger partial charge on any atom is 0.243 e. The van der Waals surface area contributed by atoms with Crippen molar-refractivity contribution in [3.05, 3.63) is 34.9 Å². The van der Waals surface area contributed by atoms with Crippen LogP contribution in [0.15, 0.2) is 29.3 Å². The summed E-state index contributed by atoms with van der Waals surface area (Å²) in [6, 6.07) is 7.81. The molecule has 0 radical (unpaired) electrons. The molecule has 0 spiro atoms. The lowest BCUT2D eigenvalue weighted by Crippen LogP contribution is -2.40. The largest absolute Gasteiger partial charge is 0.356 e. The van der Waals surface area contributed by atoms with E-state index in [-0.39, 0.29) is 36.4 Å². The lowest BCUT2D eigenvalue weighted by molar-refractivity contribution is -0.127. The fraction of sp³-hybridized carbons (Fsp3) is 0.529. The minimum atomic E-state index is -0.0145. The maximum atomic E-state index is 11.7. The van der Waals surface area contributed by atoms with Gasteiger partial charge in [0, 0.05) is 32.2 Å². The van der Waals surface area contributed by atoms with Gasteiger partial charge in [0.15, 0.2) is 5.96 Å². The van der Waals surface area contributed by atoms with E-state index in [1.807, 2.05) is 24.3 Å². The molecule has 5 nitrogen and oxygen atoms in total. The third kappa shape index (κ3) is 9.97. The Balaban J connectivity index is 0.00000529. The second-order valence-electron chi connectivity index (χ2n) is 5.54. The summed E-state index contributed by atoms with van der Waals surface area (Å²) in [4.78, 5) is 17.5. The zero-order valence-corrected chi connectivity index (χ0v) is 17.7. The van der Waals surface area contributed by atoms with Crippen LogP contribution in [0.2, 0.25) is 5.02 Å². The van der Waals surface area contributed by atoms with Gasteiger partial charge in [-0.1, -0.05) is 37.1 Å². The van der Waals surface area contributed by atoms with Crippen molar-refractivity contribution < 1.29 is 4.79 Å². The van der Waals surface area contributed by atoms with Gasteiger partial charge in [0.2, 0.25) is 5.91 Å². The fourth-order valence-electron chi connectivity index (χ4n) is 1.82. The molecule has 1 rings (SSSR count). The highest BCUT2D eigenvalue weighted by Crippen LogP contribution is 2.09. The van der Waals surface area contributed by atoms with Gasteiger partial charge in [0.25, 0.3) is 0 Å². The molecule has 1 aromatic carbocycles. The molecule has 24 heavy (non-hydrogen) atoms. The summed E-state index contributed by atoms with van der Waals surface area (Å²) in [5.41, 5.74) is 1.21. The molecule has 0 aliphatic rings. The minimum absolute atomic E-state index is 0. The number of rotatable bonds is 8. The van der Waals surface area contributed by atoms with Gasteiger partial charge in [-0.2, -0.15) is 0 Å². The van der Waals surface area contributed by atoms with Crippen molar-refractivity contribution in [2.45, 2.75) is 26.2 Å². The molecule has 0 heterocycles. The smallest absolute Gasteiger partial charge is 0.243 e. The van der Waals surface area contributed by atoms with E-state index in [0.29, 0.717) is 5.96 Å². The predicted octanol–water partition coefficient (Wildman–Crippen LogP) is 2.92. The number of carbonyl (C=O) groups excluding carboxylic acids is 1. The number of unbranched alkanes of at least 4 members (excludes halogenated alkanes) is 1. The molecule has 0 aromatic heterocycles. The summed E-state index contributed by atoms with van der Waals surface area (Å²) >= 11 is 5.88. The van der Waals surface area contributed by atoms with Crippen LogP contribution in [0.3, 0.4) is 0 Å². The molecule has 0 fully saturated rings. The summed E-state index contributed by atoms with van der Waals surface area (Å²) in [7, 11) is 3.46. The maximum absolute atomic E-state index is 11.7. The highest BCUT2D eigenvalue weighted by molar-refractivity contribution is 14.0. The summed E-state index contributed by atoms with van der Waals surface area (Å²) in [6.07, 6.45) is 3.05. The molecule has 0 unspecified atom stereocenters. The molecule has 7 heteroatoms. The number of hydrogen-bond acceptors (Lipinski definition) is 2. The fourth-order valence-corrected chi connectivity index (χ4v) is 1.95. The van der Waals surface area contributed by atoms with Crippen LogP contribution in [0.5, 0.6) is 0 Å². The van der Waals surface area contributed by atoms with Crippen LogP contribution >= 0.6 is 35.6 Å². The second kappa shape index (κ2) is 13.3. The molecule has 1 aromatic rings. The summed E-state index contributed by atoms with van der Waals surface area (Å²) in [6.45, 7) is 3.88. The first-order valence-electron chi connectivity index (χ1n) is 7.99. The number of hydrogen-bond donors (Lipinski definition) is 2. The Morgan fingerprint density at radius 3 is 2.38 bits per heavy atom. The van der Waals surface area contributed by atoms with E-state index in [0.717, 1.165) is 37.4 Å². The van der Waals surface area contributed by atoms with E-state index in [1.165, 1.54) is 5.56 Å². The third-order valence-corrected chi connectivity index (χ3v) is 3.57. The third-order valence-electron chi connectivity index (χ3n) is 3.31. The highest BCUT2D eigenvalue weighted by Gasteiger charge is 2.04. The van der Waals surface area contributed by atoms with E-state index in [2.05, 4.69) is 22.5 Å². The number of aliphatic imine (C=N–C) groups is 1. The highest BCUT2D eigenvalue weighted by atomic mass is 127. The number of benzene rings is 1. The Hall–Kier alpha value is -1.02. The van der Waals surface area contributed by atoms with E-state index >= 15 is 0 Å². The summed E-state index contributed by atoms with van der Waals surface area (Å²) in [5, 5.41) is 7.27. The molecule has 136 valence electrons. The number of likely N-dealkylation sites (N-methyl/N-ethyl adjacent to an activating group) is 1. The molecule has 0 atom stereocenters. The molecule has 0 aliphatic heterocycles. The second-order valence-corrected chi connectivity index (χ2v) is 5.97. The Bertz CT molecular complexity index is 506. The van der Waals surface area contributed by atoms with E-state index in [9.17, 15) is 4.79 Å². The van der Waals surface area contributed by atoms with Crippen LogP contribution in [0.4, 0.5) is 0 Å². The molecule has 1 amide bonds. The number of nitrogens with one attached hydrogen (secondary N) is 2. The van der Waals surface area contributed by atoms with Gasteiger partial charge in [-0.25, -0.2) is 4.99 Å². The van der Waals surface area contributed by atoms with Crippen LogP contribution in [-0.4, -0.2) is 50.5 Å². The van der Waals surface area contributed by atoms with Crippen LogP contribution in [0.1, 0.15) is 25.3 Å². The first kappa shape index (κ1) is 23.0. The molecule has 2 N–H and O–H groups in total. The van der Waals surface area contributed by atoms with Crippen LogP contribution in [-0.2, 0) is 11.2 Å². The average molecular weight is 467 g/mol. The molecule has 0 saturated heterocycles. The van der Waals surface area contributed by atoms with Gasteiger partial charge >= 0.3 is 0 Å². The van der Waals surface area contributed by atoms with E-state index in [1.54, 1.807) is 19.0 Å². The van der Waals surface area contributed by atoms with Crippen molar-refractivity contribution in [3.63, 3.8) is 0 Å². The quantitative estimate of drug-likeness (QED) is 0.268. The molecular formula is C17H28ClIN4O. The van der Waals surface area contributed by atoms with E-state index < -0.39 is 0 Å². The van der Waals surface area contributed by atoms with Gasteiger partial charge in [0.1, 0.15) is 6.54 Å². The van der Waals surface area contributed by atoms with Crippen molar-refractivity contribution in [2.75, 3.05) is 33.7 Å². The number of guanidine groups is 1. The first-order chi connectivity index (χ1) is 11.0. The zero-order chi connectivity index (χ0) is 17.1. The van der Waals surface area contributed by atoms with Crippen molar-refractivity contribution in [2.24, 2.45) is 4.99 Å². The standard InChI is InChI=1S/C17H27ClN4O.HI/c1-4-5-11-19-17(21-13-16(23)22(2)3)20-12-10-14-6-8-15(18)9-7-14;/h6-9H,4-5,10-13H2,1-3H3,(H2,19,20,21);1H. The Morgan fingerprint density at radius 1 is 1.17 bits per heavy atom. The topological polar surface area (TPSA) is 56.7 Å². The monoisotopic (exact) mass is 466 g/mol. The predicted molar refractivity (Wildman–Crippen MR) is 112 cm³/mol. The van der Waals surface area contributed by atoms with Crippen LogP contribution in [0, 0.1) is 0 Å². The van der Waals surface area contributed by atoms with Crippen molar-refractivity contribution in [3.8, 4) is 0 Å². The molecule has 0 aliphatic carbocycles. The zero-order valence-electron chi connectivity index (χ0n) is 14.6. The SMILES string of the molecule is CCCCNC(=NCC(=O)N(C)C)NCCc1ccc(Cl)cc1.I. The van der Waals surface area contributed by atoms with E-state index in [4.69, 9.17) is 11.6 Å². The van der Waals surface area contributed by atoms with Gasteiger partial charge < -0.3 is 15.5 Å². The number of nitrogens with zero attached hydrogens (tertiary/aromatic N) is 2. The first-order valence-corrected chi connectivity index (χ1v) is 8.37. The summed E-state index contributed by atoms with van der Waals surface area (Å²) in [5.74, 6) is 0.668. The lowest BCUT2D eigenvalue weighted by atomic mass is 10.1. The number of amides is 1. The molecule has 0 saturated carbocycles. The van der Waals surface area contributed by atoms with Gasteiger partial charge in [0.05, 0.1) is 0 Å². The van der Waals surface area contributed by atoms with Crippen molar-refractivity contribution in [1.82, 2.24) is 15.5 Å². The molecule has 0 bridgehead atoms. The van der Waals surface area contributed by atoms with Crippen molar-refractivity contribution >= 4 is 47.4 Å². The minimum Gasteiger partial charge on any atom is -0.356 e. The Morgan fingerprint density at radius 2 is 1.79 bits per heavy atom. The number of carbonyl (C=O) groups is 1. The average Bonchev–Trinajstić information content (AvgIpc) is 2.53. The molecular weight excluding hydrogens is 439 g/mol. The Labute approximate surface area is 167 Å². The normalized spacial score (nSPS) is 10.8. The van der Waals surface area contributed by atoms with Gasteiger partial charge in [-0.15, -0.1) is 24.0 Å². The van der Waals surface area contributed by atoms with Crippen LogP contribution < -0.4 is 10.6 Å². The lowest BCUT2D eigenvalue weighted by Gasteiger charge is -2.13. The summed E-state index contributed by atoms with van der Waals surface area (Å²) < 4.78 is 0. The number of halogens is 2. The van der Waals surface area contributed by atoms with Crippen LogP contribution in [0.25, 0.3) is 0 Å². The van der Waals surface area contributed by atoms with Gasteiger partial charge in [-0.05, 0) is 30.5 Å². The van der Waals surface area contributed by atoms with Crippen molar-refractivity contribution in [1.29, 1.82) is 0 Å². The van der Waals surface area contributed by atoms with Gasteiger partial charge in [-0.3, -0.25) is 4.79 Å².